The molecule has 0 radical (unpaired) electrons. The number of aromatic nitrogens is 2. The molecule has 3 nitrogen and oxygen atoms in total. The van der Waals surface area contributed by atoms with Gasteiger partial charge in [0.1, 0.15) is 0 Å². The summed E-state index contributed by atoms with van der Waals surface area (Å²) >= 11 is 0. The fourth-order valence-corrected chi connectivity index (χ4v) is 1.86. The predicted molar refractivity (Wildman–Crippen MR) is 59.3 cm³/mol. The Morgan fingerprint density at radius 2 is 2.07 bits per heavy atom. The molecule has 14 heavy (non-hydrogen) atoms. The minimum atomic E-state index is 0.348. The van der Waals surface area contributed by atoms with E-state index in [2.05, 4.69) is 36.4 Å². The van der Waals surface area contributed by atoms with E-state index >= 15 is 0 Å². The zero-order valence-corrected chi connectivity index (χ0v) is 8.78. The van der Waals surface area contributed by atoms with Crippen LogP contribution in [0.25, 0.3) is 11.0 Å². The monoisotopic (exact) mass is 189 g/mol. The van der Waals surface area contributed by atoms with Crippen LogP contribution in [0.3, 0.4) is 0 Å². The molecule has 3 heteroatoms. The number of para-hydroxylation sites is 1. The third kappa shape index (κ3) is 1.16. The van der Waals surface area contributed by atoms with Crippen molar-refractivity contribution in [3.05, 3.63) is 23.8 Å². The van der Waals surface area contributed by atoms with Gasteiger partial charge in [0.25, 0.3) is 0 Å². The maximum absolute atomic E-state index is 5.88. The number of hydrogen-bond donors (Lipinski definition) is 1. The van der Waals surface area contributed by atoms with E-state index in [9.17, 15) is 0 Å². The maximum Gasteiger partial charge on any atom is 0.201 e. The minimum absolute atomic E-state index is 0.348. The molecule has 0 aliphatic heterocycles. The second-order valence-corrected chi connectivity index (χ2v) is 3.88. The third-order valence-electron chi connectivity index (χ3n) is 2.46. The van der Waals surface area contributed by atoms with Crippen LogP contribution in [-0.2, 0) is 0 Å². The van der Waals surface area contributed by atoms with Gasteiger partial charge >= 0.3 is 0 Å². The first-order valence-corrected chi connectivity index (χ1v) is 4.84. The van der Waals surface area contributed by atoms with E-state index in [-0.39, 0.29) is 0 Å². The highest BCUT2D eigenvalue weighted by Crippen LogP contribution is 2.24. The molecule has 0 saturated carbocycles. The molecular formula is C11H15N3. The second kappa shape index (κ2) is 3.01. The zero-order valence-electron chi connectivity index (χ0n) is 8.78. The first-order chi connectivity index (χ1) is 6.61. The number of nitrogens with two attached hydrogens (primary N) is 1. The molecule has 1 aromatic carbocycles. The van der Waals surface area contributed by atoms with Crippen molar-refractivity contribution < 1.29 is 0 Å². The average Bonchev–Trinajstić information content (AvgIpc) is 2.42. The van der Waals surface area contributed by atoms with Gasteiger partial charge < -0.3 is 10.3 Å². The van der Waals surface area contributed by atoms with E-state index in [4.69, 9.17) is 5.73 Å². The minimum Gasteiger partial charge on any atom is -0.369 e. The lowest BCUT2D eigenvalue weighted by Gasteiger charge is -2.11. The molecule has 0 aliphatic carbocycles. The molecule has 0 unspecified atom stereocenters. The smallest absolute Gasteiger partial charge is 0.201 e. The van der Waals surface area contributed by atoms with Crippen molar-refractivity contribution in [2.24, 2.45) is 0 Å². The standard InChI is InChI=1S/C11H15N3/c1-7(2)14-10-8(3)5-4-6-9(10)13-11(14)12/h4-7H,1-3H3,(H2,12,13). The molecule has 1 heterocycles. The highest BCUT2D eigenvalue weighted by Gasteiger charge is 2.11. The normalized spacial score (nSPS) is 11.4. The van der Waals surface area contributed by atoms with Crippen LogP contribution < -0.4 is 5.73 Å². The van der Waals surface area contributed by atoms with E-state index < -0.39 is 0 Å². The molecule has 0 atom stereocenters. The Labute approximate surface area is 83.6 Å². The van der Waals surface area contributed by atoms with Gasteiger partial charge in [-0.15, -0.1) is 0 Å². The molecule has 2 aromatic rings. The first kappa shape index (κ1) is 9.06. The Kier molecular flexibility index (Phi) is 1.95. The summed E-state index contributed by atoms with van der Waals surface area (Å²) in [7, 11) is 0. The summed E-state index contributed by atoms with van der Waals surface area (Å²) in [6, 6.07) is 6.44. The van der Waals surface area contributed by atoms with Crippen LogP contribution in [0.5, 0.6) is 0 Å². The molecule has 74 valence electrons. The Hall–Kier alpha value is -1.51. The molecule has 0 fully saturated rings. The number of anilines is 1. The van der Waals surface area contributed by atoms with E-state index in [1.807, 2.05) is 12.1 Å². The van der Waals surface area contributed by atoms with Crippen molar-refractivity contribution in [2.75, 3.05) is 5.73 Å². The lowest BCUT2D eigenvalue weighted by molar-refractivity contribution is 0.626. The highest BCUT2D eigenvalue weighted by molar-refractivity contribution is 5.81. The second-order valence-electron chi connectivity index (χ2n) is 3.88. The molecule has 0 amide bonds. The van der Waals surface area contributed by atoms with Crippen LogP contribution in [0, 0.1) is 6.92 Å². The SMILES string of the molecule is Cc1cccc2nc(N)n(C(C)C)c12. The number of benzene rings is 1. The quantitative estimate of drug-likeness (QED) is 0.749. The van der Waals surface area contributed by atoms with Gasteiger partial charge in [-0.3, -0.25) is 0 Å². The van der Waals surface area contributed by atoms with Gasteiger partial charge in [-0.1, -0.05) is 12.1 Å². The number of hydrogen-bond acceptors (Lipinski definition) is 2. The van der Waals surface area contributed by atoms with Crippen LogP contribution in [0.1, 0.15) is 25.5 Å². The molecule has 0 bridgehead atoms. The third-order valence-corrected chi connectivity index (χ3v) is 2.46. The van der Waals surface area contributed by atoms with Crippen LogP contribution in [0.4, 0.5) is 5.95 Å². The zero-order chi connectivity index (χ0) is 10.3. The lowest BCUT2D eigenvalue weighted by Crippen LogP contribution is -2.05. The molecule has 0 spiro atoms. The van der Waals surface area contributed by atoms with Crippen LogP contribution >= 0.6 is 0 Å². The summed E-state index contributed by atoms with van der Waals surface area (Å²) < 4.78 is 2.07. The largest absolute Gasteiger partial charge is 0.369 e. The number of nitrogen functional groups attached to an aromatic ring is 1. The number of nitrogens with zero attached hydrogens (tertiary/aromatic N) is 2. The molecule has 1 aromatic heterocycles. The van der Waals surface area contributed by atoms with Gasteiger partial charge in [-0.2, -0.15) is 0 Å². The van der Waals surface area contributed by atoms with E-state index in [0.717, 1.165) is 11.0 Å². The summed E-state index contributed by atoms with van der Waals surface area (Å²) in [5.74, 6) is 0.601. The number of imidazole rings is 1. The number of fused-ring (bicyclic) bond motifs is 1. The van der Waals surface area contributed by atoms with Gasteiger partial charge in [0.2, 0.25) is 5.95 Å². The highest BCUT2D eigenvalue weighted by atomic mass is 15.2. The Bertz CT molecular complexity index is 469. The molecule has 2 N–H and O–H groups in total. The van der Waals surface area contributed by atoms with E-state index in [0.29, 0.717) is 12.0 Å². The van der Waals surface area contributed by atoms with Crippen molar-refractivity contribution in [1.29, 1.82) is 0 Å². The molecular weight excluding hydrogens is 174 g/mol. The van der Waals surface area contributed by atoms with Crippen LogP contribution in [-0.4, -0.2) is 9.55 Å². The van der Waals surface area contributed by atoms with Crippen molar-refractivity contribution in [2.45, 2.75) is 26.8 Å². The summed E-state index contributed by atoms with van der Waals surface area (Å²) in [6.45, 7) is 6.32. The van der Waals surface area contributed by atoms with Crippen molar-refractivity contribution in [3.8, 4) is 0 Å². The van der Waals surface area contributed by atoms with E-state index in [1.54, 1.807) is 0 Å². The van der Waals surface area contributed by atoms with Crippen LogP contribution in [0.15, 0.2) is 18.2 Å². The summed E-state index contributed by atoms with van der Waals surface area (Å²) in [4.78, 5) is 4.34. The maximum atomic E-state index is 5.88. The Morgan fingerprint density at radius 1 is 1.36 bits per heavy atom. The summed E-state index contributed by atoms with van der Waals surface area (Å²) in [5.41, 5.74) is 9.23. The van der Waals surface area contributed by atoms with Gasteiger partial charge in [0.15, 0.2) is 0 Å². The van der Waals surface area contributed by atoms with Crippen molar-refractivity contribution >= 4 is 17.0 Å². The number of rotatable bonds is 1. The first-order valence-electron chi connectivity index (χ1n) is 4.84. The molecule has 0 aliphatic rings. The predicted octanol–water partition coefficient (Wildman–Crippen LogP) is 2.51. The fourth-order valence-electron chi connectivity index (χ4n) is 1.86. The Morgan fingerprint density at radius 3 is 2.71 bits per heavy atom. The topological polar surface area (TPSA) is 43.8 Å². The Balaban J connectivity index is 2.86. The van der Waals surface area contributed by atoms with E-state index in [1.165, 1.54) is 5.56 Å². The fraction of sp³-hybridized carbons (Fsp3) is 0.364. The van der Waals surface area contributed by atoms with Gasteiger partial charge in [-0.05, 0) is 32.4 Å². The summed E-state index contributed by atoms with van der Waals surface area (Å²) in [6.07, 6.45) is 0. The molecule has 2 rings (SSSR count). The number of aryl methyl sites for hydroxylation is 1. The average molecular weight is 189 g/mol. The van der Waals surface area contributed by atoms with Crippen molar-refractivity contribution in [1.82, 2.24) is 9.55 Å². The molecule has 0 saturated heterocycles. The van der Waals surface area contributed by atoms with Crippen molar-refractivity contribution in [3.63, 3.8) is 0 Å². The van der Waals surface area contributed by atoms with Crippen LogP contribution in [0.2, 0.25) is 0 Å². The van der Waals surface area contributed by atoms with Gasteiger partial charge in [0.05, 0.1) is 11.0 Å². The summed E-state index contributed by atoms with van der Waals surface area (Å²) in [5, 5.41) is 0. The lowest BCUT2D eigenvalue weighted by atomic mass is 10.2. The van der Waals surface area contributed by atoms with Gasteiger partial charge in [-0.25, -0.2) is 4.98 Å². The van der Waals surface area contributed by atoms with Gasteiger partial charge in [0, 0.05) is 6.04 Å².